The summed E-state index contributed by atoms with van der Waals surface area (Å²) in [7, 11) is 0. The Bertz CT molecular complexity index is 308. The van der Waals surface area contributed by atoms with Crippen LogP contribution < -0.4 is 6.15 Å². The Labute approximate surface area is 92.6 Å². The molecule has 86 valence electrons. The number of carbonyl (C=O) groups excluding carboxylic acids is 1. The molecule has 0 radical (unpaired) electrons. The topological polar surface area (TPSA) is 64.4 Å². The summed E-state index contributed by atoms with van der Waals surface area (Å²) in [6.07, 6.45) is 0.487. The Hall–Kier alpha value is -1.22. The van der Waals surface area contributed by atoms with E-state index in [2.05, 4.69) is 11.7 Å². The van der Waals surface area contributed by atoms with Crippen LogP contribution in [-0.4, -0.2) is 12.5 Å². The fraction of sp³-hybridized carbons (Fsp3) is 0.500. The van der Waals surface area contributed by atoms with E-state index < -0.39 is 0 Å². The van der Waals surface area contributed by atoms with Crippen molar-refractivity contribution in [3.05, 3.63) is 22.4 Å². The van der Waals surface area contributed by atoms with Gasteiger partial charge in [-0.15, -0.1) is 0 Å². The minimum atomic E-state index is 0. The molecule has 0 bridgehead atoms. The minimum absolute atomic E-state index is 0. The van der Waals surface area contributed by atoms with E-state index in [1.54, 1.807) is 6.92 Å². The van der Waals surface area contributed by atoms with E-state index in [9.17, 15) is 4.79 Å². The Kier molecular flexibility index (Phi) is 7.70. The van der Waals surface area contributed by atoms with Gasteiger partial charge in [0, 0.05) is 12.1 Å². The molecule has 0 heterocycles. The zero-order chi connectivity index (χ0) is 11.3. The number of ketones is 1. The molecule has 0 aromatic heterocycles. The van der Waals surface area contributed by atoms with Crippen LogP contribution in [0.5, 0.6) is 0 Å². The molecular formula is C12H22N2O. The first-order chi connectivity index (χ1) is 6.40. The lowest BCUT2D eigenvalue weighted by atomic mass is 9.96. The van der Waals surface area contributed by atoms with Crippen molar-refractivity contribution >= 4 is 12.5 Å². The molecule has 0 aliphatic heterocycles. The molecule has 0 rings (SSSR count). The molecule has 0 aromatic rings. The average Bonchev–Trinajstić information content (AvgIpc) is 2.11. The molecule has 0 atom stereocenters. The summed E-state index contributed by atoms with van der Waals surface area (Å²) in [4.78, 5) is 15.0. The summed E-state index contributed by atoms with van der Waals surface area (Å²) in [6, 6.07) is 0. The van der Waals surface area contributed by atoms with Gasteiger partial charge in [-0.25, -0.2) is 0 Å². The van der Waals surface area contributed by atoms with Gasteiger partial charge in [-0.05, 0) is 52.5 Å². The number of hydrogen-bond acceptors (Lipinski definition) is 3. The molecule has 3 nitrogen and oxygen atoms in total. The number of carbonyl (C=O) groups is 1. The number of hydrogen-bond donors (Lipinski definition) is 1. The molecule has 0 unspecified atom stereocenters. The van der Waals surface area contributed by atoms with Gasteiger partial charge >= 0.3 is 0 Å². The van der Waals surface area contributed by atoms with Crippen LogP contribution in [0.25, 0.3) is 0 Å². The normalized spacial score (nSPS) is 11.0. The van der Waals surface area contributed by atoms with Crippen LogP contribution in [0, 0.1) is 0 Å². The molecule has 0 amide bonds. The van der Waals surface area contributed by atoms with E-state index in [-0.39, 0.29) is 11.9 Å². The predicted molar refractivity (Wildman–Crippen MR) is 66.6 cm³/mol. The lowest BCUT2D eigenvalue weighted by Crippen LogP contribution is -1.98. The van der Waals surface area contributed by atoms with Gasteiger partial charge in [0.2, 0.25) is 0 Å². The van der Waals surface area contributed by atoms with Crippen molar-refractivity contribution in [1.29, 1.82) is 0 Å². The Morgan fingerprint density at radius 3 is 1.87 bits per heavy atom. The highest BCUT2D eigenvalue weighted by Gasteiger charge is 2.07. The number of aliphatic imine (C=N–C) groups is 1. The van der Waals surface area contributed by atoms with E-state index in [1.165, 1.54) is 5.57 Å². The van der Waals surface area contributed by atoms with E-state index in [0.717, 1.165) is 16.8 Å². The van der Waals surface area contributed by atoms with E-state index in [1.807, 2.05) is 27.7 Å². The average molecular weight is 210 g/mol. The highest BCUT2D eigenvalue weighted by atomic mass is 16.1. The summed E-state index contributed by atoms with van der Waals surface area (Å²) in [6.45, 7) is 13.0. The molecule has 15 heavy (non-hydrogen) atoms. The highest BCUT2D eigenvalue weighted by Crippen LogP contribution is 2.22. The molecule has 0 aromatic carbocycles. The standard InChI is InChI=1S/C12H19NO.H3N/c1-8(2)12(7-9(3)14)10(4)11(5)13-6;/h6-7H2,1-5H3;1H3/b11-10-;. The zero-order valence-corrected chi connectivity index (χ0v) is 10.5. The molecule has 0 saturated heterocycles. The summed E-state index contributed by atoms with van der Waals surface area (Å²) in [5.41, 5.74) is 4.21. The molecular weight excluding hydrogens is 188 g/mol. The Morgan fingerprint density at radius 1 is 1.13 bits per heavy atom. The molecule has 0 aliphatic carbocycles. The van der Waals surface area contributed by atoms with Gasteiger partial charge < -0.3 is 6.15 Å². The second kappa shape index (κ2) is 7.12. The van der Waals surface area contributed by atoms with Crippen LogP contribution in [0.1, 0.15) is 41.0 Å². The van der Waals surface area contributed by atoms with Crippen LogP contribution in [0.4, 0.5) is 0 Å². The van der Waals surface area contributed by atoms with Gasteiger partial charge in [0.1, 0.15) is 5.78 Å². The van der Waals surface area contributed by atoms with Crippen molar-refractivity contribution in [2.45, 2.75) is 41.0 Å². The summed E-state index contributed by atoms with van der Waals surface area (Å²) < 4.78 is 0. The van der Waals surface area contributed by atoms with Crippen LogP contribution in [0.3, 0.4) is 0 Å². The number of allylic oxidation sites excluding steroid dienone is 4. The van der Waals surface area contributed by atoms with E-state index in [4.69, 9.17) is 0 Å². The van der Waals surface area contributed by atoms with Crippen molar-refractivity contribution in [3.63, 3.8) is 0 Å². The van der Waals surface area contributed by atoms with Gasteiger partial charge in [0.15, 0.2) is 0 Å². The number of nitrogens with zero attached hydrogens (tertiary/aromatic N) is 1. The lowest BCUT2D eigenvalue weighted by Gasteiger charge is -2.10. The first-order valence-corrected chi connectivity index (χ1v) is 4.70. The fourth-order valence-corrected chi connectivity index (χ4v) is 1.27. The molecule has 0 spiro atoms. The third-order valence-corrected chi connectivity index (χ3v) is 2.26. The maximum Gasteiger partial charge on any atom is 0.134 e. The van der Waals surface area contributed by atoms with Crippen LogP contribution in [-0.2, 0) is 4.79 Å². The largest absolute Gasteiger partial charge is 0.344 e. The van der Waals surface area contributed by atoms with Gasteiger partial charge in [0.05, 0.1) is 0 Å². The number of Topliss-reactive ketones (excluding diaryl/α,β-unsaturated/α-hetero) is 1. The monoisotopic (exact) mass is 210 g/mol. The van der Waals surface area contributed by atoms with Crippen molar-refractivity contribution < 1.29 is 4.79 Å². The van der Waals surface area contributed by atoms with Gasteiger partial charge in [-0.1, -0.05) is 5.57 Å². The number of rotatable bonds is 4. The Balaban J connectivity index is 0. The maximum absolute atomic E-state index is 11.1. The molecule has 0 aliphatic rings. The molecule has 0 fully saturated rings. The molecule has 3 heteroatoms. The summed E-state index contributed by atoms with van der Waals surface area (Å²) in [5, 5.41) is 0. The van der Waals surface area contributed by atoms with Crippen molar-refractivity contribution in [1.82, 2.24) is 6.15 Å². The van der Waals surface area contributed by atoms with E-state index in [0.29, 0.717) is 6.42 Å². The van der Waals surface area contributed by atoms with Crippen LogP contribution >= 0.6 is 0 Å². The zero-order valence-electron chi connectivity index (χ0n) is 10.5. The van der Waals surface area contributed by atoms with Gasteiger partial charge in [-0.2, -0.15) is 0 Å². The van der Waals surface area contributed by atoms with Crippen LogP contribution in [0.2, 0.25) is 0 Å². The molecule has 0 saturated carbocycles. The highest BCUT2D eigenvalue weighted by molar-refractivity contribution is 5.79. The fourth-order valence-electron chi connectivity index (χ4n) is 1.27. The van der Waals surface area contributed by atoms with E-state index >= 15 is 0 Å². The second-order valence-electron chi connectivity index (χ2n) is 3.73. The van der Waals surface area contributed by atoms with Gasteiger partial charge in [0.25, 0.3) is 0 Å². The summed E-state index contributed by atoms with van der Waals surface area (Å²) >= 11 is 0. The lowest BCUT2D eigenvalue weighted by molar-refractivity contribution is -0.116. The van der Waals surface area contributed by atoms with Crippen molar-refractivity contribution in [2.75, 3.05) is 0 Å². The quantitative estimate of drug-likeness (QED) is 0.570. The first kappa shape index (κ1) is 16.2. The minimum Gasteiger partial charge on any atom is -0.344 e. The maximum atomic E-state index is 11.1. The van der Waals surface area contributed by atoms with Crippen LogP contribution in [0.15, 0.2) is 27.4 Å². The smallest absolute Gasteiger partial charge is 0.134 e. The second-order valence-corrected chi connectivity index (χ2v) is 3.73. The third kappa shape index (κ3) is 5.27. The molecule has 3 N–H and O–H groups in total. The summed E-state index contributed by atoms with van der Waals surface area (Å²) in [5.74, 6) is 0.178. The SMILES string of the molecule is C=N/C(C)=C(/C)C(CC(C)=O)=C(C)C.N. The predicted octanol–water partition coefficient (Wildman–Crippen LogP) is 3.46. The van der Waals surface area contributed by atoms with Crippen molar-refractivity contribution in [2.24, 2.45) is 4.99 Å². The van der Waals surface area contributed by atoms with Crippen molar-refractivity contribution in [3.8, 4) is 0 Å². The Morgan fingerprint density at radius 2 is 1.60 bits per heavy atom. The third-order valence-electron chi connectivity index (χ3n) is 2.26. The van der Waals surface area contributed by atoms with Gasteiger partial charge in [-0.3, -0.25) is 9.79 Å². The first-order valence-electron chi connectivity index (χ1n) is 4.70.